The Morgan fingerprint density at radius 3 is 2.75 bits per heavy atom. The lowest BCUT2D eigenvalue weighted by Gasteiger charge is -2.28. The van der Waals surface area contributed by atoms with Crippen molar-refractivity contribution in [1.82, 2.24) is 9.47 Å². The number of amides is 1. The number of benzene rings is 1. The first-order chi connectivity index (χ1) is 11.7. The lowest BCUT2D eigenvalue weighted by atomic mass is 10.1. The van der Waals surface area contributed by atoms with Crippen LogP contribution in [-0.4, -0.2) is 28.5 Å². The van der Waals surface area contributed by atoms with E-state index < -0.39 is 0 Å². The molecular formula is C20H26N2O2. The molecule has 0 N–H and O–H groups in total. The fraction of sp³-hybridized carbons (Fsp3) is 0.450. The van der Waals surface area contributed by atoms with Crippen LogP contribution in [0.2, 0.25) is 0 Å². The van der Waals surface area contributed by atoms with Crippen LogP contribution >= 0.6 is 0 Å². The number of aromatic nitrogens is 1. The van der Waals surface area contributed by atoms with Crippen molar-refractivity contribution < 1.29 is 9.53 Å². The van der Waals surface area contributed by atoms with Crippen LogP contribution in [0.25, 0.3) is 0 Å². The minimum atomic E-state index is -0.116. The van der Waals surface area contributed by atoms with E-state index in [1.165, 1.54) is 5.69 Å². The maximum atomic E-state index is 12.8. The topological polar surface area (TPSA) is 34.5 Å². The summed E-state index contributed by atoms with van der Waals surface area (Å²) in [6.45, 7) is 3.83. The first kappa shape index (κ1) is 16.8. The monoisotopic (exact) mass is 326 g/mol. The van der Waals surface area contributed by atoms with Crippen molar-refractivity contribution >= 4 is 5.91 Å². The van der Waals surface area contributed by atoms with Gasteiger partial charge in [0.1, 0.15) is 0 Å². The van der Waals surface area contributed by atoms with E-state index in [0.29, 0.717) is 13.2 Å². The Bertz CT molecular complexity index is 665. The average molecular weight is 326 g/mol. The first-order valence-electron chi connectivity index (χ1n) is 8.70. The highest BCUT2D eigenvalue weighted by molar-refractivity contribution is 5.79. The summed E-state index contributed by atoms with van der Waals surface area (Å²) in [5, 5.41) is 0. The number of aryl methyl sites for hydroxylation is 1. The van der Waals surface area contributed by atoms with E-state index in [9.17, 15) is 4.79 Å². The van der Waals surface area contributed by atoms with E-state index in [0.717, 1.165) is 24.9 Å². The Balaban J connectivity index is 1.55. The van der Waals surface area contributed by atoms with Crippen LogP contribution in [0.15, 0.2) is 48.7 Å². The molecule has 4 nitrogen and oxygen atoms in total. The first-order valence-corrected chi connectivity index (χ1v) is 8.70. The molecule has 1 aromatic carbocycles. The van der Waals surface area contributed by atoms with Gasteiger partial charge >= 0.3 is 0 Å². The van der Waals surface area contributed by atoms with Gasteiger partial charge in [0.15, 0.2) is 0 Å². The van der Waals surface area contributed by atoms with Crippen molar-refractivity contribution in [3.8, 4) is 0 Å². The van der Waals surface area contributed by atoms with E-state index in [-0.39, 0.29) is 17.9 Å². The van der Waals surface area contributed by atoms with Crippen molar-refractivity contribution in [1.29, 1.82) is 0 Å². The fourth-order valence-corrected chi connectivity index (χ4v) is 3.44. The van der Waals surface area contributed by atoms with E-state index in [4.69, 9.17) is 4.74 Å². The van der Waals surface area contributed by atoms with Crippen molar-refractivity contribution in [2.24, 2.45) is 13.0 Å². The van der Waals surface area contributed by atoms with Gasteiger partial charge in [-0.3, -0.25) is 4.79 Å². The van der Waals surface area contributed by atoms with Gasteiger partial charge in [-0.1, -0.05) is 37.3 Å². The predicted octanol–water partition coefficient (Wildman–Crippen LogP) is 3.54. The van der Waals surface area contributed by atoms with E-state index >= 15 is 0 Å². The average Bonchev–Trinajstić information content (AvgIpc) is 3.23. The van der Waals surface area contributed by atoms with Gasteiger partial charge in [0.05, 0.1) is 25.2 Å². The summed E-state index contributed by atoms with van der Waals surface area (Å²) in [7, 11) is 2.04. The summed E-state index contributed by atoms with van der Waals surface area (Å²) in [6.07, 6.45) is 4.16. The number of nitrogens with zero attached hydrogens (tertiary/aromatic N) is 2. The molecule has 128 valence electrons. The number of carbonyl (C=O) groups is 1. The molecule has 0 radical (unpaired) electrons. The Hall–Kier alpha value is -2.07. The summed E-state index contributed by atoms with van der Waals surface area (Å²) in [6, 6.07) is 14.4. The van der Waals surface area contributed by atoms with Crippen LogP contribution in [0.1, 0.15) is 37.1 Å². The quantitative estimate of drug-likeness (QED) is 0.814. The second-order valence-corrected chi connectivity index (χ2v) is 6.64. The van der Waals surface area contributed by atoms with Crippen molar-refractivity contribution in [3.63, 3.8) is 0 Å². The molecule has 1 aromatic heterocycles. The number of likely N-dealkylation sites (tertiary alicyclic amines) is 1. The van der Waals surface area contributed by atoms with E-state index in [1.807, 2.05) is 61.5 Å². The molecule has 0 spiro atoms. The highest BCUT2D eigenvalue weighted by Crippen LogP contribution is 2.33. The van der Waals surface area contributed by atoms with Gasteiger partial charge in [0.25, 0.3) is 0 Å². The van der Waals surface area contributed by atoms with Crippen LogP contribution in [0.3, 0.4) is 0 Å². The molecule has 1 fully saturated rings. The lowest BCUT2D eigenvalue weighted by molar-refractivity contribution is -0.138. The van der Waals surface area contributed by atoms with Crippen LogP contribution in [0.5, 0.6) is 0 Å². The lowest BCUT2D eigenvalue weighted by Crippen LogP contribution is -2.36. The largest absolute Gasteiger partial charge is 0.376 e. The molecule has 2 atom stereocenters. The maximum absolute atomic E-state index is 12.8. The van der Waals surface area contributed by atoms with Crippen molar-refractivity contribution in [3.05, 3.63) is 59.9 Å². The molecule has 3 rings (SSSR count). The van der Waals surface area contributed by atoms with Crippen molar-refractivity contribution in [2.75, 3.05) is 13.2 Å². The van der Waals surface area contributed by atoms with Crippen LogP contribution in [0.4, 0.5) is 0 Å². The number of hydrogen-bond acceptors (Lipinski definition) is 2. The summed E-state index contributed by atoms with van der Waals surface area (Å²) >= 11 is 0. The van der Waals surface area contributed by atoms with Gasteiger partial charge in [0.2, 0.25) is 5.91 Å². The zero-order valence-corrected chi connectivity index (χ0v) is 14.5. The fourth-order valence-electron chi connectivity index (χ4n) is 3.44. The smallest absolute Gasteiger partial charge is 0.228 e. The molecule has 1 aliphatic heterocycles. The molecule has 24 heavy (non-hydrogen) atoms. The zero-order chi connectivity index (χ0) is 16.9. The summed E-state index contributed by atoms with van der Waals surface area (Å²) in [4.78, 5) is 14.9. The van der Waals surface area contributed by atoms with Crippen molar-refractivity contribution in [2.45, 2.75) is 32.4 Å². The summed E-state index contributed by atoms with van der Waals surface area (Å²) in [5.41, 5.74) is 2.36. The van der Waals surface area contributed by atoms with E-state index in [2.05, 4.69) is 10.6 Å². The van der Waals surface area contributed by atoms with Crippen LogP contribution in [-0.2, 0) is 23.2 Å². The standard InChI is InChI=1S/C20H26N2O2/c1-16(14-24-15-17-8-4-3-5-9-17)20(23)22-13-7-11-19(22)18-10-6-12-21(18)2/h3-6,8-10,12,16,19H,7,11,13-15H2,1-2H3/t16-,19-/m0/s1. The molecule has 0 unspecified atom stereocenters. The van der Waals surface area contributed by atoms with Gasteiger partial charge < -0.3 is 14.2 Å². The third kappa shape index (κ3) is 3.70. The number of ether oxygens (including phenoxy) is 1. The Morgan fingerprint density at radius 1 is 1.25 bits per heavy atom. The highest BCUT2D eigenvalue weighted by atomic mass is 16.5. The molecule has 0 bridgehead atoms. The number of hydrogen-bond donors (Lipinski definition) is 0. The Morgan fingerprint density at radius 2 is 2.04 bits per heavy atom. The molecule has 1 saturated heterocycles. The van der Waals surface area contributed by atoms with Gasteiger partial charge in [-0.2, -0.15) is 0 Å². The Labute approximate surface area is 144 Å². The molecule has 1 amide bonds. The molecule has 1 aliphatic rings. The normalized spacial score (nSPS) is 18.8. The molecule has 2 aromatic rings. The second kappa shape index (κ2) is 7.67. The molecular weight excluding hydrogens is 300 g/mol. The molecule has 4 heteroatoms. The summed E-state index contributed by atoms with van der Waals surface area (Å²) in [5.74, 6) is 0.0846. The van der Waals surface area contributed by atoms with Gasteiger partial charge in [-0.25, -0.2) is 0 Å². The number of rotatable bonds is 6. The SMILES string of the molecule is C[C@@H](COCc1ccccc1)C(=O)N1CCC[C@H]1c1cccn1C. The highest BCUT2D eigenvalue weighted by Gasteiger charge is 2.33. The minimum Gasteiger partial charge on any atom is -0.376 e. The van der Waals surface area contributed by atoms with Gasteiger partial charge in [-0.05, 0) is 30.5 Å². The predicted molar refractivity (Wildman–Crippen MR) is 94.4 cm³/mol. The van der Waals surface area contributed by atoms with Crippen LogP contribution in [0, 0.1) is 5.92 Å². The Kier molecular flexibility index (Phi) is 5.36. The molecule has 0 saturated carbocycles. The zero-order valence-electron chi connectivity index (χ0n) is 14.5. The van der Waals surface area contributed by atoms with E-state index in [1.54, 1.807) is 0 Å². The maximum Gasteiger partial charge on any atom is 0.228 e. The van der Waals surface area contributed by atoms with Gasteiger partial charge in [-0.15, -0.1) is 0 Å². The summed E-state index contributed by atoms with van der Waals surface area (Å²) < 4.78 is 7.88. The number of carbonyl (C=O) groups excluding carboxylic acids is 1. The van der Waals surface area contributed by atoms with Crippen LogP contribution < -0.4 is 0 Å². The minimum absolute atomic E-state index is 0.116. The molecule has 0 aliphatic carbocycles. The van der Waals surface area contributed by atoms with Gasteiger partial charge in [0, 0.05) is 25.5 Å². The molecule has 2 heterocycles. The third-order valence-electron chi connectivity index (χ3n) is 4.76. The third-order valence-corrected chi connectivity index (χ3v) is 4.76. The second-order valence-electron chi connectivity index (χ2n) is 6.64.